The highest BCUT2D eigenvalue weighted by Gasteiger charge is 2.20. The van der Waals surface area contributed by atoms with E-state index >= 15 is 0 Å². The molecule has 0 aromatic carbocycles. The third-order valence-corrected chi connectivity index (χ3v) is 4.12. The molecule has 2 saturated heterocycles. The van der Waals surface area contributed by atoms with Crippen LogP contribution in [0.4, 0.5) is 0 Å². The number of nitrogens with one attached hydrogen (secondary N) is 1. The third-order valence-electron chi connectivity index (χ3n) is 4.12. The molecule has 1 atom stereocenters. The number of hydrogen-bond acceptors (Lipinski definition) is 4. The van der Waals surface area contributed by atoms with Gasteiger partial charge in [0.25, 0.3) is 0 Å². The lowest BCUT2D eigenvalue weighted by Gasteiger charge is -2.35. The number of piperidine rings is 1. The van der Waals surface area contributed by atoms with Crippen LogP contribution in [-0.2, 0) is 4.74 Å². The van der Waals surface area contributed by atoms with Crippen LogP contribution in [-0.4, -0.2) is 75.4 Å². The summed E-state index contributed by atoms with van der Waals surface area (Å²) in [5.74, 6) is 0.864. The molecule has 106 valence electrons. The van der Waals surface area contributed by atoms with Crippen molar-refractivity contribution in [3.05, 3.63) is 0 Å². The summed E-state index contributed by atoms with van der Waals surface area (Å²) in [6, 6.07) is 0. The molecule has 0 amide bonds. The molecule has 18 heavy (non-hydrogen) atoms. The molecule has 2 rings (SSSR count). The Morgan fingerprint density at radius 2 is 1.89 bits per heavy atom. The van der Waals surface area contributed by atoms with Gasteiger partial charge in [0.15, 0.2) is 0 Å². The molecule has 2 fully saturated rings. The fourth-order valence-electron chi connectivity index (χ4n) is 2.98. The van der Waals surface area contributed by atoms with Gasteiger partial charge in [0.05, 0.1) is 13.2 Å². The van der Waals surface area contributed by atoms with Crippen LogP contribution in [0.15, 0.2) is 0 Å². The van der Waals surface area contributed by atoms with Crippen molar-refractivity contribution in [2.75, 3.05) is 65.6 Å². The van der Waals surface area contributed by atoms with Crippen molar-refractivity contribution < 1.29 is 4.74 Å². The van der Waals surface area contributed by atoms with Crippen molar-refractivity contribution in [1.82, 2.24) is 15.1 Å². The SMILES string of the molecule is CCNCC1CCCN(CCN2CCOCC2)C1. The van der Waals surface area contributed by atoms with Gasteiger partial charge >= 0.3 is 0 Å². The van der Waals surface area contributed by atoms with Crippen LogP contribution in [0.5, 0.6) is 0 Å². The van der Waals surface area contributed by atoms with E-state index in [2.05, 4.69) is 22.0 Å². The van der Waals surface area contributed by atoms with Gasteiger partial charge in [-0.25, -0.2) is 0 Å². The number of ether oxygens (including phenoxy) is 1. The number of nitrogens with zero attached hydrogens (tertiary/aromatic N) is 2. The summed E-state index contributed by atoms with van der Waals surface area (Å²) in [4.78, 5) is 5.19. The van der Waals surface area contributed by atoms with Gasteiger partial charge in [-0.05, 0) is 38.4 Å². The van der Waals surface area contributed by atoms with Crippen molar-refractivity contribution >= 4 is 0 Å². The summed E-state index contributed by atoms with van der Waals surface area (Å²) in [5, 5.41) is 3.49. The maximum atomic E-state index is 5.39. The molecule has 0 bridgehead atoms. The zero-order valence-electron chi connectivity index (χ0n) is 11.9. The summed E-state index contributed by atoms with van der Waals surface area (Å²) >= 11 is 0. The van der Waals surface area contributed by atoms with Crippen molar-refractivity contribution in [1.29, 1.82) is 0 Å². The van der Waals surface area contributed by atoms with Crippen molar-refractivity contribution in [2.24, 2.45) is 5.92 Å². The van der Waals surface area contributed by atoms with Gasteiger partial charge in [0.1, 0.15) is 0 Å². The smallest absolute Gasteiger partial charge is 0.0594 e. The topological polar surface area (TPSA) is 27.7 Å². The Morgan fingerprint density at radius 3 is 2.67 bits per heavy atom. The lowest BCUT2D eigenvalue weighted by molar-refractivity contribution is 0.0308. The molecular formula is C14H29N3O. The molecule has 0 aliphatic carbocycles. The summed E-state index contributed by atoms with van der Waals surface area (Å²) in [5.41, 5.74) is 0. The molecule has 4 nitrogen and oxygen atoms in total. The van der Waals surface area contributed by atoms with Gasteiger partial charge in [-0.3, -0.25) is 4.90 Å². The molecule has 2 aliphatic heterocycles. The second-order valence-corrected chi connectivity index (χ2v) is 5.57. The molecule has 4 heteroatoms. The van der Waals surface area contributed by atoms with Crippen molar-refractivity contribution in [3.63, 3.8) is 0 Å². The fraction of sp³-hybridized carbons (Fsp3) is 1.00. The molecule has 0 saturated carbocycles. The van der Waals surface area contributed by atoms with Gasteiger partial charge in [0, 0.05) is 32.7 Å². The number of hydrogen-bond donors (Lipinski definition) is 1. The average molecular weight is 255 g/mol. The molecule has 2 heterocycles. The molecule has 2 aliphatic rings. The van der Waals surface area contributed by atoms with E-state index in [0.717, 1.165) is 38.8 Å². The lowest BCUT2D eigenvalue weighted by atomic mass is 9.98. The van der Waals surface area contributed by atoms with E-state index in [9.17, 15) is 0 Å². The van der Waals surface area contributed by atoms with Crippen LogP contribution in [0.3, 0.4) is 0 Å². The molecule has 1 N–H and O–H groups in total. The van der Waals surface area contributed by atoms with Crippen LogP contribution < -0.4 is 5.32 Å². The maximum absolute atomic E-state index is 5.39. The second-order valence-electron chi connectivity index (χ2n) is 5.57. The zero-order chi connectivity index (χ0) is 12.6. The van der Waals surface area contributed by atoms with Crippen LogP contribution in [0.1, 0.15) is 19.8 Å². The van der Waals surface area contributed by atoms with E-state index in [1.807, 2.05) is 0 Å². The standard InChI is InChI=1S/C14H29N3O/c1-2-15-12-14-4-3-5-17(13-14)7-6-16-8-10-18-11-9-16/h14-15H,2-13H2,1H3. The Labute approximate surface area is 112 Å². The number of likely N-dealkylation sites (tertiary alicyclic amines) is 1. The van der Waals surface area contributed by atoms with Crippen LogP contribution in [0, 0.1) is 5.92 Å². The molecular weight excluding hydrogens is 226 g/mol. The maximum Gasteiger partial charge on any atom is 0.0594 e. The minimum Gasteiger partial charge on any atom is -0.379 e. The molecule has 1 unspecified atom stereocenters. The fourth-order valence-corrected chi connectivity index (χ4v) is 2.98. The molecule has 0 aromatic rings. The van der Waals surface area contributed by atoms with Gasteiger partial charge in [-0.2, -0.15) is 0 Å². The van der Waals surface area contributed by atoms with Gasteiger partial charge in [-0.15, -0.1) is 0 Å². The van der Waals surface area contributed by atoms with E-state index in [1.54, 1.807) is 0 Å². The van der Waals surface area contributed by atoms with Crippen molar-refractivity contribution in [3.8, 4) is 0 Å². The predicted octanol–water partition coefficient (Wildman–Crippen LogP) is 0.640. The first-order chi connectivity index (χ1) is 8.88. The summed E-state index contributed by atoms with van der Waals surface area (Å²) < 4.78 is 5.39. The first kappa shape index (κ1) is 14.3. The minimum atomic E-state index is 0.864. The second kappa shape index (κ2) is 8.10. The Hall–Kier alpha value is -0.160. The predicted molar refractivity (Wildman–Crippen MR) is 75.0 cm³/mol. The minimum absolute atomic E-state index is 0.864. The van der Waals surface area contributed by atoms with Gasteiger partial charge in [0.2, 0.25) is 0 Å². The Balaban J connectivity index is 1.62. The first-order valence-corrected chi connectivity index (χ1v) is 7.61. The van der Waals surface area contributed by atoms with E-state index in [0.29, 0.717) is 0 Å². The van der Waals surface area contributed by atoms with Crippen molar-refractivity contribution in [2.45, 2.75) is 19.8 Å². The highest BCUT2D eigenvalue weighted by Crippen LogP contribution is 2.15. The van der Waals surface area contributed by atoms with Crippen LogP contribution >= 0.6 is 0 Å². The normalized spacial score (nSPS) is 27.5. The van der Waals surface area contributed by atoms with Gasteiger partial charge in [-0.1, -0.05) is 6.92 Å². The highest BCUT2D eigenvalue weighted by molar-refractivity contribution is 4.75. The monoisotopic (exact) mass is 255 g/mol. The summed E-state index contributed by atoms with van der Waals surface area (Å²) in [6.45, 7) is 13.6. The molecule has 0 spiro atoms. The first-order valence-electron chi connectivity index (χ1n) is 7.61. The molecule has 0 aromatic heterocycles. The Bertz CT molecular complexity index is 219. The quantitative estimate of drug-likeness (QED) is 0.754. The third kappa shape index (κ3) is 4.84. The van der Waals surface area contributed by atoms with Gasteiger partial charge < -0.3 is 15.0 Å². The average Bonchev–Trinajstić information content (AvgIpc) is 2.44. The van der Waals surface area contributed by atoms with E-state index in [1.165, 1.54) is 45.6 Å². The Morgan fingerprint density at radius 1 is 1.11 bits per heavy atom. The van der Waals surface area contributed by atoms with E-state index < -0.39 is 0 Å². The lowest BCUT2D eigenvalue weighted by Crippen LogP contribution is -2.45. The van der Waals surface area contributed by atoms with Crippen LogP contribution in [0.2, 0.25) is 0 Å². The van der Waals surface area contributed by atoms with Crippen LogP contribution in [0.25, 0.3) is 0 Å². The van der Waals surface area contributed by atoms with E-state index in [-0.39, 0.29) is 0 Å². The number of rotatable bonds is 6. The van der Waals surface area contributed by atoms with E-state index in [4.69, 9.17) is 4.74 Å². The summed E-state index contributed by atoms with van der Waals surface area (Å²) in [6.07, 6.45) is 2.78. The highest BCUT2D eigenvalue weighted by atomic mass is 16.5. The zero-order valence-corrected chi connectivity index (χ0v) is 11.9. The summed E-state index contributed by atoms with van der Waals surface area (Å²) in [7, 11) is 0. The Kier molecular flexibility index (Phi) is 6.41. The molecule has 0 radical (unpaired) electrons. The number of morpholine rings is 1. The largest absolute Gasteiger partial charge is 0.379 e.